The average molecular weight is 791 g/mol. The number of halogens is 1. The lowest BCUT2D eigenvalue weighted by Gasteiger charge is -2.49. The number of hydrogen-bond donors (Lipinski definition) is 3. The van der Waals surface area contributed by atoms with Crippen LogP contribution in [0.4, 0.5) is 11.5 Å². The molecule has 3 aromatic carbocycles. The van der Waals surface area contributed by atoms with E-state index in [2.05, 4.69) is 0 Å². The quantitative estimate of drug-likeness (QED) is 0.121. The van der Waals surface area contributed by atoms with Crippen molar-refractivity contribution in [1.82, 2.24) is 9.78 Å². The van der Waals surface area contributed by atoms with Gasteiger partial charge in [-0.3, -0.25) is 28.8 Å². The smallest absolute Gasteiger partial charge is 0.488 e. The molecule has 4 amide bonds. The topological polar surface area (TPSA) is 162 Å². The number of methoxy groups -OCH3 is 1. The lowest BCUT2D eigenvalue weighted by atomic mass is 9.51. The molecule has 6 atom stereocenters. The van der Waals surface area contributed by atoms with E-state index in [1.54, 1.807) is 44.3 Å². The van der Waals surface area contributed by atoms with Crippen LogP contribution < -0.4 is 20.0 Å². The number of amides is 4. The van der Waals surface area contributed by atoms with Gasteiger partial charge in [-0.05, 0) is 91.5 Å². The number of nitrogens with zero attached hydrogens (tertiary/aromatic N) is 4. The van der Waals surface area contributed by atoms with Crippen molar-refractivity contribution >= 4 is 80.7 Å². The summed E-state index contributed by atoms with van der Waals surface area (Å²) in [4.78, 5) is 61.9. The highest BCUT2D eigenvalue weighted by Gasteiger charge is 2.68. The van der Waals surface area contributed by atoms with E-state index in [4.69, 9.17) is 21.4 Å². The summed E-state index contributed by atoms with van der Waals surface area (Å²) >= 11 is 7.85. The van der Waals surface area contributed by atoms with E-state index in [1.165, 1.54) is 46.2 Å². The number of aromatic hydroxyl groups is 1. The minimum atomic E-state index is -1.80. The number of benzene rings is 3. The maximum Gasteiger partial charge on any atom is 0.488 e. The number of imide groups is 2. The number of allylic oxidation sites excluding steroid dienone is 2. The minimum absolute atomic E-state index is 0.0973. The third kappa shape index (κ3) is 5.02. The number of aromatic nitrogens is 2. The summed E-state index contributed by atoms with van der Waals surface area (Å²) in [7, 11) is 1.34. The summed E-state index contributed by atoms with van der Waals surface area (Å²) < 4.78 is 8.33. The van der Waals surface area contributed by atoms with Gasteiger partial charge in [-0.15, -0.1) is 11.3 Å². The van der Waals surface area contributed by atoms with Crippen molar-refractivity contribution in [1.29, 1.82) is 0 Å². The van der Waals surface area contributed by atoms with Gasteiger partial charge in [-0.25, -0.2) is 4.90 Å². The van der Waals surface area contributed by atoms with Gasteiger partial charge in [0.05, 0.1) is 40.8 Å². The van der Waals surface area contributed by atoms with E-state index in [1.807, 2.05) is 31.2 Å². The van der Waals surface area contributed by atoms with Crippen molar-refractivity contribution in [3.63, 3.8) is 0 Å². The fourth-order valence-corrected chi connectivity index (χ4v) is 11.2. The Kier molecular flexibility index (Phi) is 8.37. The molecule has 2 saturated heterocycles. The van der Waals surface area contributed by atoms with Crippen LogP contribution >= 0.6 is 22.9 Å². The minimum Gasteiger partial charge on any atom is -0.508 e. The zero-order valence-electron chi connectivity index (χ0n) is 30.8. The number of anilines is 2. The van der Waals surface area contributed by atoms with E-state index in [0.717, 1.165) is 25.4 Å². The Hall–Kier alpha value is -5.28. The molecule has 0 bridgehead atoms. The molecule has 0 unspecified atom stereocenters. The second-order valence-corrected chi connectivity index (χ2v) is 16.7. The normalized spacial score (nSPS) is 25.8. The highest BCUT2D eigenvalue weighted by atomic mass is 35.5. The summed E-state index contributed by atoms with van der Waals surface area (Å²) in [5.41, 5.74) is 1.45. The van der Waals surface area contributed by atoms with Crippen LogP contribution in [-0.4, -0.2) is 62.8 Å². The van der Waals surface area contributed by atoms with Gasteiger partial charge in [-0.1, -0.05) is 41.4 Å². The SMILES string of the molecule is COc1cccc(O)c1[C@H]1C2=CC[C@@H]3C(=O)N(c4cccc(B(O)O)c4)C(=O)[C@@H]3[C@@H]2C[C@H]2C(=O)N(c3cc(-c4sc5ccc(Cl)cc5c4C)nn3C)C(=O)[C@@]12C. The van der Waals surface area contributed by atoms with Gasteiger partial charge in [0.1, 0.15) is 23.0 Å². The molecule has 3 fully saturated rings. The Morgan fingerprint density at radius 2 is 1.73 bits per heavy atom. The van der Waals surface area contributed by atoms with Crippen LogP contribution in [0.5, 0.6) is 11.5 Å². The van der Waals surface area contributed by atoms with Gasteiger partial charge in [0, 0.05) is 34.3 Å². The first-order valence-electron chi connectivity index (χ1n) is 18.3. The van der Waals surface area contributed by atoms with Crippen LogP contribution in [0, 0.1) is 36.0 Å². The maximum atomic E-state index is 15.2. The maximum absolute atomic E-state index is 15.2. The standard InChI is InChI=1S/C41H36BClN4O8S/c1-19-25-16-21(43)11-14-31(25)56-36(19)28-18-32(45(3)44-28)47-38(50)27-17-26-23(35(41(27,2)40(47)52)34-29(48)9-6-10-30(34)55-4)12-13-24-33(26)39(51)46(37(24)49)22-8-5-7-20(15-22)42(53)54/h5-12,14-16,18,24,26-27,33,35,48,53-54H,13,17H2,1-4H3/t24-,26+,27-,33-,35+,41+/m0/s1. The first kappa shape index (κ1) is 36.4. The van der Waals surface area contributed by atoms with Gasteiger partial charge in [0.25, 0.3) is 0 Å². The monoisotopic (exact) mass is 790 g/mol. The van der Waals surface area contributed by atoms with Crippen molar-refractivity contribution in [2.24, 2.45) is 36.1 Å². The Labute approximate surface area is 330 Å². The van der Waals surface area contributed by atoms with E-state index >= 15 is 4.79 Å². The number of rotatable bonds is 6. The van der Waals surface area contributed by atoms with Crippen LogP contribution in [-0.2, 0) is 26.2 Å². The molecule has 3 N–H and O–H groups in total. The number of fused-ring (bicyclic) bond motifs is 5. The number of phenols is 1. The second kappa shape index (κ2) is 12.9. The van der Waals surface area contributed by atoms with Gasteiger partial charge >= 0.3 is 7.12 Å². The second-order valence-electron chi connectivity index (χ2n) is 15.2. The van der Waals surface area contributed by atoms with Gasteiger partial charge in [-0.2, -0.15) is 5.10 Å². The summed E-state index contributed by atoms with van der Waals surface area (Å²) in [5.74, 6) is -5.53. The van der Waals surface area contributed by atoms with E-state index in [0.29, 0.717) is 27.6 Å². The molecule has 4 heterocycles. The molecule has 2 aromatic heterocycles. The molecule has 2 aliphatic carbocycles. The van der Waals surface area contributed by atoms with Crippen molar-refractivity contribution in [3.8, 4) is 22.1 Å². The van der Waals surface area contributed by atoms with E-state index < -0.39 is 65.8 Å². The fourth-order valence-electron chi connectivity index (χ4n) is 9.84. The molecule has 15 heteroatoms. The predicted octanol–water partition coefficient (Wildman–Crippen LogP) is 5.09. The third-order valence-electron chi connectivity index (χ3n) is 12.5. The highest BCUT2D eigenvalue weighted by molar-refractivity contribution is 7.22. The Balaban J connectivity index is 1.16. The van der Waals surface area contributed by atoms with Crippen molar-refractivity contribution < 1.29 is 39.1 Å². The Morgan fingerprint density at radius 1 is 0.964 bits per heavy atom. The van der Waals surface area contributed by atoms with Crippen molar-refractivity contribution in [3.05, 3.63) is 94.5 Å². The molecule has 56 heavy (non-hydrogen) atoms. The van der Waals surface area contributed by atoms with Crippen LogP contribution in [0.25, 0.3) is 20.7 Å². The summed E-state index contributed by atoms with van der Waals surface area (Å²) in [6.45, 7) is 3.73. The van der Waals surface area contributed by atoms with E-state index in [9.17, 15) is 29.5 Å². The number of hydrogen-bond acceptors (Lipinski definition) is 10. The molecular weight excluding hydrogens is 755 g/mol. The first-order chi connectivity index (χ1) is 26.8. The number of carbonyl (C=O) groups is 4. The lowest BCUT2D eigenvalue weighted by molar-refractivity contribution is -0.131. The predicted molar refractivity (Wildman–Crippen MR) is 212 cm³/mol. The highest BCUT2D eigenvalue weighted by Crippen LogP contribution is 2.65. The number of thiophene rings is 1. The number of aryl methyl sites for hydroxylation is 2. The van der Waals surface area contributed by atoms with Crippen LogP contribution in [0.2, 0.25) is 5.02 Å². The summed E-state index contributed by atoms with van der Waals surface area (Å²) in [6, 6.07) is 18.2. The van der Waals surface area contributed by atoms with Gasteiger partial charge < -0.3 is 19.9 Å². The summed E-state index contributed by atoms with van der Waals surface area (Å²) in [5, 5.41) is 37.6. The van der Waals surface area contributed by atoms with Crippen LogP contribution in [0.15, 0.2) is 78.4 Å². The fraction of sp³-hybridized carbons (Fsp3) is 0.293. The summed E-state index contributed by atoms with van der Waals surface area (Å²) in [6.07, 6.45) is 2.18. The number of ether oxygens (including phenoxy) is 1. The number of carbonyl (C=O) groups excluding carboxylic acids is 4. The zero-order valence-corrected chi connectivity index (χ0v) is 32.3. The van der Waals surface area contributed by atoms with Crippen LogP contribution in [0.3, 0.4) is 0 Å². The Morgan fingerprint density at radius 3 is 2.48 bits per heavy atom. The molecule has 284 valence electrons. The first-order valence-corrected chi connectivity index (χ1v) is 19.5. The van der Waals surface area contributed by atoms with Crippen LogP contribution in [0.1, 0.15) is 36.8 Å². The molecular formula is C41H36BClN4O8S. The number of phenolic OH excluding ortho intramolecular Hbond substituents is 1. The third-order valence-corrected chi connectivity index (χ3v) is 14.0. The molecule has 2 aliphatic heterocycles. The van der Waals surface area contributed by atoms with Gasteiger partial charge in [0.15, 0.2) is 0 Å². The molecule has 12 nitrogen and oxygen atoms in total. The van der Waals surface area contributed by atoms with Crippen molar-refractivity contribution in [2.45, 2.75) is 32.6 Å². The Bertz CT molecular complexity index is 2580. The molecule has 9 rings (SSSR count). The zero-order chi connectivity index (χ0) is 39.5. The molecule has 5 aromatic rings. The molecule has 4 aliphatic rings. The van der Waals surface area contributed by atoms with Crippen molar-refractivity contribution in [2.75, 3.05) is 16.9 Å². The molecule has 0 spiro atoms. The molecule has 1 saturated carbocycles. The van der Waals surface area contributed by atoms with Gasteiger partial charge in [0.2, 0.25) is 23.6 Å². The molecule has 0 radical (unpaired) electrons. The average Bonchev–Trinajstić information content (AvgIpc) is 3.85. The largest absolute Gasteiger partial charge is 0.508 e. The lowest BCUT2D eigenvalue weighted by Crippen LogP contribution is -2.49. The van der Waals surface area contributed by atoms with E-state index in [-0.39, 0.29) is 35.6 Å².